The number of ether oxygens (including phenoxy) is 1. The number of hydrogen-bond donors (Lipinski definition) is 0. The molecule has 0 heterocycles. The summed E-state index contributed by atoms with van der Waals surface area (Å²) >= 11 is 0. The van der Waals surface area contributed by atoms with Gasteiger partial charge < -0.3 is 4.74 Å². The zero-order valence-corrected chi connectivity index (χ0v) is 14.0. The molecule has 0 unspecified atom stereocenters. The highest BCUT2D eigenvalue weighted by atomic mass is 16.5. The summed E-state index contributed by atoms with van der Waals surface area (Å²) < 4.78 is 5.56. The minimum absolute atomic E-state index is 0.125. The van der Waals surface area contributed by atoms with Gasteiger partial charge in [-0.2, -0.15) is 0 Å². The van der Waals surface area contributed by atoms with E-state index in [0.29, 0.717) is 12.3 Å². The molecule has 0 amide bonds. The van der Waals surface area contributed by atoms with Crippen LogP contribution in [-0.4, -0.2) is 5.97 Å². The Morgan fingerprint density at radius 3 is 2.57 bits per heavy atom. The highest BCUT2D eigenvalue weighted by Crippen LogP contribution is 2.27. The van der Waals surface area contributed by atoms with Gasteiger partial charge in [-0.05, 0) is 63.1 Å². The summed E-state index contributed by atoms with van der Waals surface area (Å²) in [4.78, 5) is 12.0. The SMILES string of the molecule is CC(C)=CCCCCC(=O)Oc1cc(C)ccc1C(C)C. The molecule has 116 valence electrons. The summed E-state index contributed by atoms with van der Waals surface area (Å²) in [6.45, 7) is 10.4. The molecule has 2 nitrogen and oxygen atoms in total. The molecule has 0 N–H and O–H groups in total. The lowest BCUT2D eigenvalue weighted by Gasteiger charge is -2.13. The predicted octanol–water partition coefficient (Wildman–Crippen LogP) is 5.55. The predicted molar refractivity (Wildman–Crippen MR) is 88.8 cm³/mol. The standard InChI is InChI=1S/C19H28O2/c1-14(2)9-7-6-8-10-19(20)21-18-13-16(5)11-12-17(18)15(3)4/h9,11-13,15H,6-8,10H2,1-5H3. The Kier molecular flexibility index (Phi) is 7.21. The molecule has 0 atom stereocenters. The van der Waals surface area contributed by atoms with Crippen molar-refractivity contribution in [3.8, 4) is 5.75 Å². The Morgan fingerprint density at radius 1 is 1.24 bits per heavy atom. The van der Waals surface area contributed by atoms with Crippen molar-refractivity contribution in [3.63, 3.8) is 0 Å². The summed E-state index contributed by atoms with van der Waals surface area (Å²) in [6, 6.07) is 6.07. The molecule has 0 radical (unpaired) electrons. The number of allylic oxidation sites excluding steroid dienone is 2. The smallest absolute Gasteiger partial charge is 0.311 e. The van der Waals surface area contributed by atoms with Crippen LogP contribution in [0.4, 0.5) is 0 Å². The van der Waals surface area contributed by atoms with Crippen molar-refractivity contribution in [3.05, 3.63) is 41.0 Å². The molecule has 0 aliphatic carbocycles. The molecule has 1 rings (SSSR count). The van der Waals surface area contributed by atoms with Crippen LogP contribution in [0.3, 0.4) is 0 Å². The highest BCUT2D eigenvalue weighted by Gasteiger charge is 2.12. The Labute approximate surface area is 129 Å². The van der Waals surface area contributed by atoms with Gasteiger partial charge in [0.05, 0.1) is 0 Å². The molecule has 21 heavy (non-hydrogen) atoms. The Bertz CT molecular complexity index is 494. The number of carbonyl (C=O) groups excluding carboxylic acids is 1. The molecule has 0 saturated heterocycles. The Hall–Kier alpha value is -1.57. The number of benzene rings is 1. The zero-order chi connectivity index (χ0) is 15.8. The first-order valence-corrected chi connectivity index (χ1v) is 7.84. The lowest BCUT2D eigenvalue weighted by Crippen LogP contribution is -2.09. The van der Waals surface area contributed by atoms with Crippen molar-refractivity contribution >= 4 is 5.97 Å². The van der Waals surface area contributed by atoms with Crippen molar-refractivity contribution in [2.24, 2.45) is 0 Å². The number of aryl methyl sites for hydroxylation is 1. The summed E-state index contributed by atoms with van der Waals surface area (Å²) in [6.07, 6.45) is 5.65. The van der Waals surface area contributed by atoms with E-state index in [2.05, 4.69) is 45.9 Å². The lowest BCUT2D eigenvalue weighted by molar-refractivity contribution is -0.134. The number of carbonyl (C=O) groups is 1. The molecular formula is C19H28O2. The minimum atomic E-state index is -0.125. The van der Waals surface area contributed by atoms with Crippen molar-refractivity contribution in [1.82, 2.24) is 0 Å². The van der Waals surface area contributed by atoms with Crippen molar-refractivity contribution in [2.45, 2.75) is 66.2 Å². The molecule has 0 aliphatic heterocycles. The lowest BCUT2D eigenvalue weighted by atomic mass is 10.0. The molecule has 2 heteroatoms. The molecule has 0 spiro atoms. The van der Waals surface area contributed by atoms with Crippen molar-refractivity contribution in [1.29, 1.82) is 0 Å². The Balaban J connectivity index is 2.51. The maximum Gasteiger partial charge on any atom is 0.311 e. The molecule has 1 aromatic rings. The third-order valence-electron chi connectivity index (χ3n) is 3.40. The van der Waals surface area contributed by atoms with Gasteiger partial charge in [0.15, 0.2) is 0 Å². The van der Waals surface area contributed by atoms with Crippen LogP contribution >= 0.6 is 0 Å². The van der Waals surface area contributed by atoms with Gasteiger partial charge in [-0.25, -0.2) is 0 Å². The van der Waals surface area contributed by atoms with Gasteiger partial charge in [-0.3, -0.25) is 4.79 Å². The second-order valence-electron chi connectivity index (χ2n) is 6.20. The number of esters is 1. The van der Waals surface area contributed by atoms with Crippen LogP contribution < -0.4 is 4.74 Å². The van der Waals surface area contributed by atoms with E-state index in [1.54, 1.807) is 0 Å². The van der Waals surface area contributed by atoms with Crippen molar-refractivity contribution in [2.75, 3.05) is 0 Å². The van der Waals surface area contributed by atoms with E-state index in [1.807, 2.05) is 13.0 Å². The molecule has 0 bridgehead atoms. The fourth-order valence-electron chi connectivity index (χ4n) is 2.19. The zero-order valence-electron chi connectivity index (χ0n) is 14.0. The van der Waals surface area contributed by atoms with Gasteiger partial charge in [-0.1, -0.05) is 37.6 Å². The molecule has 0 fully saturated rings. The van der Waals surface area contributed by atoms with Crippen molar-refractivity contribution < 1.29 is 9.53 Å². The third-order valence-corrected chi connectivity index (χ3v) is 3.40. The van der Waals surface area contributed by atoms with Gasteiger partial charge in [0, 0.05) is 6.42 Å². The van der Waals surface area contributed by atoms with E-state index in [-0.39, 0.29) is 5.97 Å². The maximum absolute atomic E-state index is 12.0. The van der Waals surface area contributed by atoms with Gasteiger partial charge in [0.2, 0.25) is 0 Å². The molecular weight excluding hydrogens is 260 g/mol. The summed E-state index contributed by atoms with van der Waals surface area (Å²) in [7, 11) is 0. The van der Waals surface area contributed by atoms with E-state index in [9.17, 15) is 4.79 Å². The van der Waals surface area contributed by atoms with E-state index in [4.69, 9.17) is 4.74 Å². The number of hydrogen-bond acceptors (Lipinski definition) is 2. The Morgan fingerprint density at radius 2 is 1.95 bits per heavy atom. The average Bonchev–Trinajstić information content (AvgIpc) is 2.37. The quantitative estimate of drug-likeness (QED) is 0.284. The van der Waals surface area contributed by atoms with Crippen LogP contribution in [0, 0.1) is 6.92 Å². The van der Waals surface area contributed by atoms with Crippen LogP contribution in [0.5, 0.6) is 5.75 Å². The average molecular weight is 288 g/mol. The third kappa shape index (κ3) is 6.61. The number of rotatable bonds is 7. The van der Waals surface area contributed by atoms with E-state index in [1.165, 1.54) is 5.57 Å². The van der Waals surface area contributed by atoms with Crippen LogP contribution in [0.25, 0.3) is 0 Å². The highest BCUT2D eigenvalue weighted by molar-refractivity contribution is 5.72. The van der Waals surface area contributed by atoms with Gasteiger partial charge in [0.25, 0.3) is 0 Å². The topological polar surface area (TPSA) is 26.3 Å². The minimum Gasteiger partial charge on any atom is -0.426 e. The van der Waals surface area contributed by atoms with Crippen LogP contribution in [0.15, 0.2) is 29.8 Å². The monoisotopic (exact) mass is 288 g/mol. The fraction of sp³-hybridized carbons (Fsp3) is 0.526. The summed E-state index contributed by atoms with van der Waals surface area (Å²) in [5, 5.41) is 0. The second-order valence-corrected chi connectivity index (χ2v) is 6.20. The fourth-order valence-corrected chi connectivity index (χ4v) is 2.19. The van der Waals surface area contributed by atoms with E-state index < -0.39 is 0 Å². The normalized spacial score (nSPS) is 10.6. The molecule has 1 aromatic carbocycles. The second kappa shape index (κ2) is 8.66. The summed E-state index contributed by atoms with van der Waals surface area (Å²) in [5.41, 5.74) is 3.54. The van der Waals surface area contributed by atoms with Gasteiger partial charge in [-0.15, -0.1) is 0 Å². The first kappa shape index (κ1) is 17.5. The first-order chi connectivity index (χ1) is 9.90. The maximum atomic E-state index is 12.0. The van der Waals surface area contributed by atoms with Crippen LogP contribution in [0.1, 0.15) is 70.4 Å². The van der Waals surface area contributed by atoms with Crippen LogP contribution in [-0.2, 0) is 4.79 Å². The van der Waals surface area contributed by atoms with Gasteiger partial charge >= 0.3 is 5.97 Å². The summed E-state index contributed by atoms with van der Waals surface area (Å²) in [5.74, 6) is 0.949. The van der Waals surface area contributed by atoms with E-state index >= 15 is 0 Å². The number of unbranched alkanes of at least 4 members (excludes halogenated alkanes) is 2. The van der Waals surface area contributed by atoms with E-state index in [0.717, 1.165) is 36.1 Å². The molecule has 0 aliphatic rings. The van der Waals surface area contributed by atoms with Gasteiger partial charge in [0.1, 0.15) is 5.75 Å². The first-order valence-electron chi connectivity index (χ1n) is 7.84. The molecule has 0 saturated carbocycles. The van der Waals surface area contributed by atoms with Crippen LogP contribution in [0.2, 0.25) is 0 Å². The largest absolute Gasteiger partial charge is 0.426 e. The molecule has 0 aromatic heterocycles.